The van der Waals surface area contributed by atoms with Crippen LogP contribution in [0.15, 0.2) is 18.7 Å². The van der Waals surface area contributed by atoms with Gasteiger partial charge < -0.3 is 9.47 Å². The molecule has 4 heteroatoms. The Hall–Kier alpha value is -1.84. The third-order valence-corrected chi connectivity index (χ3v) is 2.27. The van der Waals surface area contributed by atoms with Gasteiger partial charge in [0.1, 0.15) is 17.2 Å². The SMILES string of the molecule is C=C(C)c1c(C)cc(F)cc1OC(=O)OC(C)(C)C. The van der Waals surface area contributed by atoms with Gasteiger partial charge in [-0.05, 0) is 51.8 Å². The summed E-state index contributed by atoms with van der Waals surface area (Å²) in [5, 5.41) is 0. The van der Waals surface area contributed by atoms with Crippen molar-refractivity contribution in [3.63, 3.8) is 0 Å². The molecule has 0 aromatic heterocycles. The number of halogens is 1. The number of carbonyl (C=O) groups excluding carboxylic acids is 1. The third kappa shape index (κ3) is 4.39. The van der Waals surface area contributed by atoms with E-state index in [1.54, 1.807) is 34.6 Å². The molecule has 104 valence electrons. The number of hydrogen-bond donors (Lipinski definition) is 0. The first-order valence-electron chi connectivity index (χ1n) is 5.97. The van der Waals surface area contributed by atoms with E-state index in [0.717, 1.165) is 6.07 Å². The Balaban J connectivity index is 3.07. The molecule has 19 heavy (non-hydrogen) atoms. The number of aryl methyl sites for hydroxylation is 1. The van der Waals surface area contributed by atoms with Gasteiger partial charge in [-0.3, -0.25) is 0 Å². The molecule has 3 nitrogen and oxygen atoms in total. The van der Waals surface area contributed by atoms with Gasteiger partial charge in [0, 0.05) is 11.6 Å². The van der Waals surface area contributed by atoms with E-state index in [2.05, 4.69) is 6.58 Å². The Bertz CT molecular complexity index is 513. The summed E-state index contributed by atoms with van der Waals surface area (Å²) < 4.78 is 23.5. The fourth-order valence-electron chi connectivity index (χ4n) is 1.70. The maximum Gasteiger partial charge on any atom is 0.514 e. The zero-order valence-corrected chi connectivity index (χ0v) is 12.0. The predicted octanol–water partition coefficient (Wildman–Crippen LogP) is 4.48. The van der Waals surface area contributed by atoms with Crippen LogP contribution in [0.25, 0.3) is 5.57 Å². The summed E-state index contributed by atoms with van der Waals surface area (Å²) in [4.78, 5) is 11.6. The normalized spacial score (nSPS) is 11.1. The van der Waals surface area contributed by atoms with Crippen molar-refractivity contribution >= 4 is 11.7 Å². The maximum atomic E-state index is 13.4. The monoisotopic (exact) mass is 266 g/mol. The van der Waals surface area contributed by atoms with E-state index in [1.165, 1.54) is 6.07 Å². The summed E-state index contributed by atoms with van der Waals surface area (Å²) in [5.41, 5.74) is 1.30. The summed E-state index contributed by atoms with van der Waals surface area (Å²) in [5.74, 6) is -0.347. The van der Waals surface area contributed by atoms with E-state index >= 15 is 0 Å². The molecule has 0 unspecified atom stereocenters. The first-order valence-corrected chi connectivity index (χ1v) is 5.97. The second-order valence-electron chi connectivity index (χ2n) is 5.44. The smallest absolute Gasteiger partial charge is 0.428 e. The Morgan fingerprint density at radius 3 is 2.37 bits per heavy atom. The van der Waals surface area contributed by atoms with Gasteiger partial charge in [-0.2, -0.15) is 0 Å². The van der Waals surface area contributed by atoms with Crippen molar-refractivity contribution in [2.24, 2.45) is 0 Å². The van der Waals surface area contributed by atoms with E-state index in [9.17, 15) is 9.18 Å². The summed E-state index contributed by atoms with van der Waals surface area (Å²) in [6.45, 7) is 12.5. The first kappa shape index (κ1) is 15.2. The van der Waals surface area contributed by atoms with Gasteiger partial charge in [-0.1, -0.05) is 6.58 Å². The molecule has 1 aromatic rings. The van der Waals surface area contributed by atoms with Crippen LogP contribution in [0.5, 0.6) is 5.75 Å². The largest absolute Gasteiger partial charge is 0.514 e. The van der Waals surface area contributed by atoms with Gasteiger partial charge in [-0.15, -0.1) is 0 Å². The summed E-state index contributed by atoms with van der Waals surface area (Å²) in [6, 6.07) is 2.52. The lowest BCUT2D eigenvalue weighted by atomic mass is 10.0. The molecule has 1 rings (SSSR count). The minimum atomic E-state index is -0.861. The van der Waals surface area contributed by atoms with Crippen molar-refractivity contribution in [2.45, 2.75) is 40.2 Å². The van der Waals surface area contributed by atoms with Gasteiger partial charge in [0.05, 0.1) is 0 Å². The van der Waals surface area contributed by atoms with Gasteiger partial charge >= 0.3 is 6.16 Å². The Labute approximate surface area is 113 Å². The molecule has 0 fully saturated rings. The maximum absolute atomic E-state index is 13.4. The zero-order chi connectivity index (χ0) is 14.8. The van der Waals surface area contributed by atoms with Crippen molar-refractivity contribution in [2.75, 3.05) is 0 Å². The second-order valence-corrected chi connectivity index (χ2v) is 5.44. The van der Waals surface area contributed by atoms with E-state index < -0.39 is 17.6 Å². The molecule has 0 atom stereocenters. The molecule has 0 aliphatic carbocycles. The molecule has 0 aliphatic rings. The van der Waals surface area contributed by atoms with Crippen LogP contribution in [0.4, 0.5) is 9.18 Å². The number of benzene rings is 1. The molecular weight excluding hydrogens is 247 g/mol. The second kappa shape index (κ2) is 5.43. The molecule has 0 aliphatic heterocycles. The lowest BCUT2D eigenvalue weighted by Gasteiger charge is -2.20. The molecule has 0 bridgehead atoms. The zero-order valence-electron chi connectivity index (χ0n) is 12.0. The number of allylic oxidation sites excluding steroid dienone is 1. The number of ether oxygens (including phenoxy) is 2. The summed E-state index contributed by atoms with van der Waals surface area (Å²) in [6.07, 6.45) is -0.861. The van der Waals surface area contributed by atoms with Crippen molar-refractivity contribution in [3.05, 3.63) is 35.7 Å². The highest BCUT2D eigenvalue weighted by Gasteiger charge is 2.20. The summed E-state index contributed by atoms with van der Waals surface area (Å²) in [7, 11) is 0. The molecule has 0 amide bonds. The minimum absolute atomic E-state index is 0.124. The quantitative estimate of drug-likeness (QED) is 0.584. The van der Waals surface area contributed by atoms with Crippen LogP contribution in [0.1, 0.15) is 38.8 Å². The average molecular weight is 266 g/mol. The fraction of sp³-hybridized carbons (Fsp3) is 0.400. The molecule has 0 spiro atoms. The lowest BCUT2D eigenvalue weighted by Crippen LogP contribution is -2.26. The van der Waals surface area contributed by atoms with Crippen molar-refractivity contribution < 1.29 is 18.7 Å². The van der Waals surface area contributed by atoms with Crippen LogP contribution < -0.4 is 4.74 Å². The molecule has 0 saturated carbocycles. The van der Waals surface area contributed by atoms with Crippen LogP contribution in [0, 0.1) is 12.7 Å². The van der Waals surface area contributed by atoms with Crippen molar-refractivity contribution in [3.8, 4) is 5.75 Å². The van der Waals surface area contributed by atoms with Gasteiger partial charge in [-0.25, -0.2) is 9.18 Å². The van der Waals surface area contributed by atoms with Crippen LogP contribution in [0.3, 0.4) is 0 Å². The van der Waals surface area contributed by atoms with E-state index in [4.69, 9.17) is 9.47 Å². The van der Waals surface area contributed by atoms with Gasteiger partial charge in [0.25, 0.3) is 0 Å². The molecule has 0 N–H and O–H groups in total. The van der Waals surface area contributed by atoms with Crippen LogP contribution in [-0.4, -0.2) is 11.8 Å². The Morgan fingerprint density at radius 1 is 1.32 bits per heavy atom. The molecule has 0 heterocycles. The van der Waals surface area contributed by atoms with Gasteiger partial charge in [0.2, 0.25) is 0 Å². The number of carbonyl (C=O) groups is 1. The average Bonchev–Trinajstić information content (AvgIpc) is 2.10. The highest BCUT2D eigenvalue weighted by atomic mass is 19.1. The number of hydrogen-bond acceptors (Lipinski definition) is 3. The Morgan fingerprint density at radius 2 is 1.89 bits per heavy atom. The van der Waals surface area contributed by atoms with Crippen LogP contribution in [-0.2, 0) is 4.74 Å². The van der Waals surface area contributed by atoms with E-state index in [1.807, 2.05) is 0 Å². The highest BCUT2D eigenvalue weighted by molar-refractivity contribution is 5.74. The molecule has 0 radical (unpaired) electrons. The van der Waals surface area contributed by atoms with E-state index in [0.29, 0.717) is 16.7 Å². The molecule has 1 aromatic carbocycles. The van der Waals surface area contributed by atoms with Crippen molar-refractivity contribution in [1.29, 1.82) is 0 Å². The lowest BCUT2D eigenvalue weighted by molar-refractivity contribution is 0.0205. The molecule has 0 saturated heterocycles. The fourth-order valence-corrected chi connectivity index (χ4v) is 1.70. The third-order valence-electron chi connectivity index (χ3n) is 2.27. The van der Waals surface area contributed by atoms with Crippen molar-refractivity contribution in [1.82, 2.24) is 0 Å². The van der Waals surface area contributed by atoms with E-state index in [-0.39, 0.29) is 5.75 Å². The predicted molar refractivity (Wildman–Crippen MR) is 72.7 cm³/mol. The van der Waals surface area contributed by atoms with Crippen LogP contribution >= 0.6 is 0 Å². The first-order chi connectivity index (χ1) is 8.60. The number of rotatable bonds is 2. The topological polar surface area (TPSA) is 35.5 Å². The summed E-state index contributed by atoms with van der Waals surface area (Å²) >= 11 is 0. The standard InChI is InChI=1S/C15H19FO3/c1-9(2)13-10(3)7-11(16)8-12(13)18-14(17)19-15(4,5)6/h7-8H,1H2,2-6H3. The van der Waals surface area contributed by atoms with Gasteiger partial charge in [0.15, 0.2) is 0 Å². The highest BCUT2D eigenvalue weighted by Crippen LogP contribution is 2.30. The Kier molecular flexibility index (Phi) is 4.35. The molecular formula is C15H19FO3. The van der Waals surface area contributed by atoms with Crippen LogP contribution in [0.2, 0.25) is 0 Å². The minimum Gasteiger partial charge on any atom is -0.428 e.